The lowest BCUT2D eigenvalue weighted by atomic mass is 9.77. The number of fused-ring (bicyclic) bond motifs is 1. The summed E-state index contributed by atoms with van der Waals surface area (Å²) >= 11 is 0. The zero-order valence-corrected chi connectivity index (χ0v) is 15.8. The van der Waals surface area contributed by atoms with Crippen molar-refractivity contribution in [1.29, 1.82) is 0 Å². The van der Waals surface area contributed by atoms with Gasteiger partial charge in [0.2, 0.25) is 5.91 Å². The number of hydrogen-bond donors (Lipinski definition) is 1. The normalized spacial score (nSPS) is 15.6. The van der Waals surface area contributed by atoms with Crippen LogP contribution < -0.4 is 10.1 Å². The predicted octanol–water partition coefficient (Wildman–Crippen LogP) is 5.00. The molecule has 0 bridgehead atoms. The molecule has 3 aromatic rings. The number of hydrogen-bond acceptors (Lipinski definition) is 3. The molecule has 1 amide bonds. The topological polar surface area (TPSA) is 51.2 Å². The molecule has 1 N–H and O–H groups in total. The van der Waals surface area contributed by atoms with E-state index in [9.17, 15) is 4.79 Å². The summed E-state index contributed by atoms with van der Waals surface area (Å²) in [6.45, 7) is 2.08. The number of benzene rings is 2. The third-order valence-electron chi connectivity index (χ3n) is 5.66. The molecule has 138 valence electrons. The lowest BCUT2D eigenvalue weighted by molar-refractivity contribution is -0.121. The molecule has 4 rings (SSSR count). The number of aryl methyl sites for hydroxylation is 1. The number of carbonyl (C=O) groups is 1. The molecule has 2 aromatic carbocycles. The number of nitrogens with zero attached hydrogens (tertiary/aromatic N) is 1. The van der Waals surface area contributed by atoms with Gasteiger partial charge in [0.05, 0.1) is 18.2 Å². The third-order valence-corrected chi connectivity index (χ3v) is 5.66. The highest BCUT2D eigenvalue weighted by Crippen LogP contribution is 2.43. The molecule has 0 atom stereocenters. The zero-order chi connectivity index (χ0) is 18.9. The number of carbonyl (C=O) groups excluding carboxylic acids is 1. The van der Waals surface area contributed by atoms with Gasteiger partial charge in [-0.25, -0.2) is 0 Å². The molecule has 0 radical (unpaired) electrons. The van der Waals surface area contributed by atoms with Gasteiger partial charge in [-0.15, -0.1) is 0 Å². The first-order valence-electron chi connectivity index (χ1n) is 9.44. The van der Waals surface area contributed by atoms with E-state index >= 15 is 0 Å². The maximum Gasteiger partial charge on any atom is 0.235 e. The van der Waals surface area contributed by atoms with Crippen molar-refractivity contribution in [2.24, 2.45) is 0 Å². The van der Waals surface area contributed by atoms with Crippen molar-refractivity contribution in [3.05, 3.63) is 65.9 Å². The quantitative estimate of drug-likeness (QED) is 0.712. The molecule has 0 aliphatic heterocycles. The summed E-state index contributed by atoms with van der Waals surface area (Å²) in [5.74, 6) is 0.777. The molecule has 0 saturated heterocycles. The van der Waals surface area contributed by atoms with E-state index in [0.717, 1.165) is 47.8 Å². The van der Waals surface area contributed by atoms with Gasteiger partial charge < -0.3 is 10.1 Å². The lowest BCUT2D eigenvalue weighted by Crippen LogP contribution is -2.38. The summed E-state index contributed by atoms with van der Waals surface area (Å²) in [6, 6.07) is 16.0. The first-order chi connectivity index (χ1) is 13.1. The largest absolute Gasteiger partial charge is 0.494 e. The first kappa shape index (κ1) is 17.5. The number of ether oxygens (including phenoxy) is 1. The molecule has 0 spiro atoms. The Morgan fingerprint density at radius 2 is 1.93 bits per heavy atom. The number of pyridine rings is 1. The fourth-order valence-electron chi connectivity index (χ4n) is 4.23. The van der Waals surface area contributed by atoms with Crippen molar-refractivity contribution in [3.8, 4) is 5.75 Å². The van der Waals surface area contributed by atoms with Crippen LogP contribution in [0.25, 0.3) is 10.9 Å². The zero-order valence-electron chi connectivity index (χ0n) is 15.8. The molecule has 4 nitrogen and oxygen atoms in total. The Kier molecular flexibility index (Phi) is 4.56. The Morgan fingerprint density at radius 1 is 1.11 bits per heavy atom. The van der Waals surface area contributed by atoms with Crippen molar-refractivity contribution < 1.29 is 9.53 Å². The fraction of sp³-hybridized carbons (Fsp3) is 0.304. The van der Waals surface area contributed by atoms with Crippen molar-refractivity contribution in [2.45, 2.75) is 38.0 Å². The van der Waals surface area contributed by atoms with Crippen LogP contribution in [0.15, 0.2) is 54.7 Å². The number of methoxy groups -OCH3 is 1. The van der Waals surface area contributed by atoms with Gasteiger partial charge in [-0.3, -0.25) is 9.78 Å². The maximum absolute atomic E-state index is 13.5. The van der Waals surface area contributed by atoms with E-state index in [4.69, 9.17) is 4.74 Å². The van der Waals surface area contributed by atoms with Gasteiger partial charge in [0, 0.05) is 11.6 Å². The maximum atomic E-state index is 13.5. The lowest BCUT2D eigenvalue weighted by Gasteiger charge is -2.29. The van der Waals surface area contributed by atoms with E-state index in [2.05, 4.69) is 35.4 Å². The number of rotatable bonds is 4. The Hall–Kier alpha value is -2.88. The van der Waals surface area contributed by atoms with Crippen LogP contribution in [0.5, 0.6) is 5.75 Å². The standard InChI is InChI=1S/C23H24N2O2/c1-16-7-5-8-17(15-16)23(12-3-4-13-23)22(26)25-19-10-11-20(27-2)21-18(19)9-6-14-24-21/h5-11,14-15H,3-4,12-13H2,1-2H3,(H,25,26). The van der Waals surface area contributed by atoms with Crippen molar-refractivity contribution in [1.82, 2.24) is 4.98 Å². The fourth-order valence-corrected chi connectivity index (χ4v) is 4.23. The van der Waals surface area contributed by atoms with Gasteiger partial charge in [-0.2, -0.15) is 0 Å². The molecule has 1 aliphatic rings. The van der Waals surface area contributed by atoms with E-state index in [1.54, 1.807) is 13.3 Å². The Bertz CT molecular complexity index is 991. The number of anilines is 1. The number of nitrogens with one attached hydrogen (secondary N) is 1. The van der Waals surface area contributed by atoms with Crippen molar-refractivity contribution in [2.75, 3.05) is 12.4 Å². The number of amides is 1. The predicted molar refractivity (Wildman–Crippen MR) is 108 cm³/mol. The molecule has 1 saturated carbocycles. The second-order valence-corrected chi connectivity index (χ2v) is 7.33. The highest BCUT2D eigenvalue weighted by atomic mass is 16.5. The van der Waals surface area contributed by atoms with E-state index in [1.807, 2.05) is 30.3 Å². The van der Waals surface area contributed by atoms with Crippen LogP contribution in [0, 0.1) is 6.92 Å². The summed E-state index contributed by atoms with van der Waals surface area (Å²) < 4.78 is 5.41. The third kappa shape index (κ3) is 3.05. The van der Waals surface area contributed by atoms with Crippen LogP contribution in [-0.2, 0) is 10.2 Å². The molecular weight excluding hydrogens is 336 g/mol. The van der Waals surface area contributed by atoms with Gasteiger partial charge in [-0.1, -0.05) is 42.7 Å². The van der Waals surface area contributed by atoms with Crippen molar-refractivity contribution in [3.63, 3.8) is 0 Å². The molecule has 4 heteroatoms. The highest BCUT2D eigenvalue weighted by Gasteiger charge is 2.42. The minimum atomic E-state index is -0.458. The Balaban J connectivity index is 1.74. The second-order valence-electron chi connectivity index (χ2n) is 7.33. The van der Waals surface area contributed by atoms with Crippen LogP contribution in [0.2, 0.25) is 0 Å². The van der Waals surface area contributed by atoms with E-state index in [1.165, 1.54) is 5.56 Å². The van der Waals surface area contributed by atoms with Crippen LogP contribution in [0.1, 0.15) is 36.8 Å². The summed E-state index contributed by atoms with van der Waals surface area (Å²) in [7, 11) is 1.63. The van der Waals surface area contributed by atoms with Crippen molar-refractivity contribution >= 4 is 22.5 Å². The SMILES string of the molecule is COc1ccc(NC(=O)C2(c3cccc(C)c3)CCCC2)c2cccnc12. The Morgan fingerprint density at radius 3 is 2.67 bits per heavy atom. The molecule has 1 aromatic heterocycles. The second kappa shape index (κ2) is 7.03. The average molecular weight is 360 g/mol. The van der Waals surface area contributed by atoms with Gasteiger partial charge in [0.25, 0.3) is 0 Å². The minimum absolute atomic E-state index is 0.0703. The Labute approximate surface area is 159 Å². The summed E-state index contributed by atoms with van der Waals surface area (Å²) in [4.78, 5) is 17.9. The average Bonchev–Trinajstić information content (AvgIpc) is 3.19. The number of aromatic nitrogens is 1. The molecule has 1 heterocycles. The van der Waals surface area contributed by atoms with Gasteiger partial charge in [0.15, 0.2) is 0 Å². The minimum Gasteiger partial charge on any atom is -0.494 e. The van der Waals surface area contributed by atoms with Gasteiger partial charge >= 0.3 is 0 Å². The molecule has 27 heavy (non-hydrogen) atoms. The summed E-state index contributed by atoms with van der Waals surface area (Å²) in [6.07, 6.45) is 5.66. The van der Waals surface area contributed by atoms with E-state index < -0.39 is 5.41 Å². The summed E-state index contributed by atoms with van der Waals surface area (Å²) in [5, 5.41) is 4.09. The van der Waals surface area contributed by atoms with Crippen LogP contribution >= 0.6 is 0 Å². The molecule has 1 fully saturated rings. The van der Waals surface area contributed by atoms with Crippen LogP contribution in [-0.4, -0.2) is 18.0 Å². The van der Waals surface area contributed by atoms with E-state index in [0.29, 0.717) is 5.75 Å². The highest BCUT2D eigenvalue weighted by molar-refractivity contribution is 6.06. The van der Waals surface area contributed by atoms with Crippen LogP contribution in [0.3, 0.4) is 0 Å². The summed E-state index contributed by atoms with van der Waals surface area (Å²) in [5.41, 5.74) is 3.39. The molecule has 1 aliphatic carbocycles. The molecular formula is C23H24N2O2. The first-order valence-corrected chi connectivity index (χ1v) is 9.44. The smallest absolute Gasteiger partial charge is 0.235 e. The monoisotopic (exact) mass is 360 g/mol. The van der Waals surface area contributed by atoms with Gasteiger partial charge in [-0.05, 0) is 49.6 Å². The molecule has 0 unspecified atom stereocenters. The van der Waals surface area contributed by atoms with Gasteiger partial charge in [0.1, 0.15) is 11.3 Å². The van der Waals surface area contributed by atoms with E-state index in [-0.39, 0.29) is 5.91 Å². The van der Waals surface area contributed by atoms with Crippen LogP contribution in [0.4, 0.5) is 5.69 Å².